The Balaban J connectivity index is 2.39. The van der Waals surface area contributed by atoms with E-state index in [1.54, 1.807) is 0 Å². The Kier molecular flexibility index (Phi) is 7.57. The predicted octanol–water partition coefficient (Wildman–Crippen LogP) is 7.33. The van der Waals surface area contributed by atoms with E-state index < -0.39 is 79.6 Å². The first-order valence-electron chi connectivity index (χ1n) is 10.2. The summed E-state index contributed by atoms with van der Waals surface area (Å²) in [5.74, 6) is -2.90. The molecule has 3 aromatic rings. The second-order valence-electron chi connectivity index (χ2n) is 7.88. The number of sulfonamides is 1. The van der Waals surface area contributed by atoms with Crippen molar-refractivity contribution in [2.75, 3.05) is 10.6 Å². The number of rotatable bonds is 6. The Morgan fingerprint density at radius 3 is 1.72 bits per heavy atom. The number of anilines is 2. The van der Waals surface area contributed by atoms with E-state index in [0.29, 0.717) is 18.4 Å². The molecule has 16 heteroatoms. The number of ether oxygens (including phenoxy) is 1. The molecule has 0 aliphatic carbocycles. The maximum Gasteiger partial charge on any atom is 0.416 e. The van der Waals surface area contributed by atoms with Crippen LogP contribution in [0.3, 0.4) is 0 Å². The van der Waals surface area contributed by atoms with Gasteiger partial charge in [0, 0.05) is 0 Å². The summed E-state index contributed by atoms with van der Waals surface area (Å²) in [6.07, 6.45) is -15.6. The zero-order chi connectivity index (χ0) is 29.6. The van der Waals surface area contributed by atoms with Crippen molar-refractivity contribution in [2.24, 2.45) is 0 Å². The fourth-order valence-electron chi connectivity index (χ4n) is 3.35. The standard InChI is InChI=1S/C23H14F9NO5S/c1-39(36,37)33(15-9-13(22(27,28)29)8-14(10-15)23(30,31)32)17-11-12(21(24,25)26)6-7-19(17)38-18-5-3-2-4-16(18)20(34)35/h2-11H,1H3,(H,34,35). The van der Waals surface area contributed by atoms with Crippen LogP contribution in [0.5, 0.6) is 11.5 Å². The summed E-state index contributed by atoms with van der Waals surface area (Å²) in [6.45, 7) is 0. The fraction of sp³-hybridized carbons (Fsp3) is 0.174. The Morgan fingerprint density at radius 2 is 1.26 bits per heavy atom. The van der Waals surface area contributed by atoms with Gasteiger partial charge in [-0.3, -0.25) is 0 Å². The molecule has 0 saturated carbocycles. The minimum Gasteiger partial charge on any atom is -0.478 e. The van der Waals surface area contributed by atoms with Gasteiger partial charge in [-0.05, 0) is 48.5 Å². The second kappa shape index (κ2) is 9.98. The molecule has 0 unspecified atom stereocenters. The molecule has 0 bridgehead atoms. The quantitative estimate of drug-likeness (QED) is 0.306. The normalized spacial score (nSPS) is 12.8. The predicted molar refractivity (Wildman–Crippen MR) is 118 cm³/mol. The van der Waals surface area contributed by atoms with Crippen molar-refractivity contribution in [2.45, 2.75) is 18.5 Å². The molecule has 1 N–H and O–H groups in total. The highest BCUT2D eigenvalue weighted by Gasteiger charge is 2.39. The molecule has 0 amide bonds. The molecule has 39 heavy (non-hydrogen) atoms. The van der Waals surface area contributed by atoms with Crippen LogP contribution in [0, 0.1) is 0 Å². The molecule has 0 spiro atoms. The number of hydrogen-bond acceptors (Lipinski definition) is 4. The molecule has 0 atom stereocenters. The van der Waals surface area contributed by atoms with E-state index in [2.05, 4.69) is 0 Å². The fourth-order valence-corrected chi connectivity index (χ4v) is 4.34. The van der Waals surface area contributed by atoms with Gasteiger partial charge in [0.25, 0.3) is 0 Å². The zero-order valence-corrected chi connectivity index (χ0v) is 19.9. The Morgan fingerprint density at radius 1 is 0.744 bits per heavy atom. The van der Waals surface area contributed by atoms with Crippen molar-refractivity contribution in [1.82, 2.24) is 0 Å². The third-order valence-electron chi connectivity index (χ3n) is 4.98. The molecule has 6 nitrogen and oxygen atoms in total. The Hall–Kier alpha value is -3.95. The summed E-state index contributed by atoms with van der Waals surface area (Å²) in [6, 6.07) is 5.38. The number of alkyl halides is 9. The van der Waals surface area contributed by atoms with Crippen molar-refractivity contribution >= 4 is 27.4 Å². The molecule has 0 saturated heterocycles. The number of carbonyl (C=O) groups is 1. The topological polar surface area (TPSA) is 83.9 Å². The summed E-state index contributed by atoms with van der Waals surface area (Å²) in [5.41, 5.74) is -8.39. The van der Waals surface area contributed by atoms with Crippen LogP contribution in [0.1, 0.15) is 27.0 Å². The monoisotopic (exact) mass is 587 g/mol. The summed E-state index contributed by atoms with van der Waals surface area (Å²) in [4.78, 5) is 11.5. The van der Waals surface area contributed by atoms with Gasteiger partial charge in [-0.25, -0.2) is 17.5 Å². The van der Waals surface area contributed by atoms with Crippen LogP contribution >= 0.6 is 0 Å². The van der Waals surface area contributed by atoms with Crippen LogP contribution in [0.25, 0.3) is 0 Å². The maximum atomic E-state index is 13.5. The van der Waals surface area contributed by atoms with Gasteiger partial charge in [0.05, 0.1) is 28.6 Å². The highest BCUT2D eigenvalue weighted by Crippen LogP contribution is 2.45. The Labute approximate surface area is 213 Å². The lowest BCUT2D eigenvalue weighted by molar-refractivity contribution is -0.143. The number of halogens is 9. The number of aromatic carboxylic acids is 1. The van der Waals surface area contributed by atoms with Crippen molar-refractivity contribution in [3.63, 3.8) is 0 Å². The lowest BCUT2D eigenvalue weighted by Crippen LogP contribution is -2.27. The number of hydrogen-bond donors (Lipinski definition) is 1. The first kappa shape index (κ1) is 29.6. The van der Waals surface area contributed by atoms with E-state index >= 15 is 0 Å². The van der Waals surface area contributed by atoms with Gasteiger partial charge >= 0.3 is 24.5 Å². The van der Waals surface area contributed by atoms with Crippen LogP contribution in [-0.2, 0) is 28.6 Å². The van der Waals surface area contributed by atoms with E-state index in [4.69, 9.17) is 4.74 Å². The number of carboxylic acids is 1. The summed E-state index contributed by atoms with van der Waals surface area (Å²) >= 11 is 0. The average Bonchev–Trinajstić information content (AvgIpc) is 2.77. The highest BCUT2D eigenvalue weighted by molar-refractivity contribution is 7.92. The number of benzene rings is 3. The maximum absolute atomic E-state index is 13.5. The minimum absolute atomic E-state index is 0.00548. The second-order valence-corrected chi connectivity index (χ2v) is 9.71. The summed E-state index contributed by atoms with van der Waals surface area (Å²) in [7, 11) is -4.96. The molecular weight excluding hydrogens is 573 g/mol. The van der Waals surface area contributed by atoms with E-state index in [1.165, 1.54) is 12.1 Å². The third kappa shape index (κ3) is 6.74. The first-order chi connectivity index (χ1) is 17.7. The van der Waals surface area contributed by atoms with Crippen molar-refractivity contribution in [3.8, 4) is 11.5 Å². The Bertz CT molecular complexity index is 1480. The third-order valence-corrected chi connectivity index (χ3v) is 6.05. The van der Waals surface area contributed by atoms with Gasteiger partial charge in [-0.2, -0.15) is 39.5 Å². The molecule has 0 radical (unpaired) electrons. The van der Waals surface area contributed by atoms with Crippen molar-refractivity contribution < 1.29 is 62.6 Å². The molecule has 3 rings (SSSR count). The smallest absolute Gasteiger partial charge is 0.416 e. The molecule has 0 aromatic heterocycles. The number of carboxylic acid groups (broad SMARTS) is 1. The molecule has 0 heterocycles. The lowest BCUT2D eigenvalue weighted by atomic mass is 10.1. The molecule has 210 valence electrons. The molecule has 0 aliphatic heterocycles. The summed E-state index contributed by atoms with van der Waals surface area (Å²) < 4.78 is 152. The van der Waals surface area contributed by atoms with Gasteiger partial charge in [-0.15, -0.1) is 0 Å². The van der Waals surface area contributed by atoms with Crippen molar-refractivity contribution in [1.29, 1.82) is 0 Å². The molecule has 0 aliphatic rings. The van der Waals surface area contributed by atoms with Gasteiger partial charge in [0.2, 0.25) is 10.0 Å². The van der Waals surface area contributed by atoms with Crippen LogP contribution in [0.2, 0.25) is 0 Å². The van der Waals surface area contributed by atoms with Crippen LogP contribution in [-0.4, -0.2) is 25.7 Å². The minimum atomic E-state index is -5.41. The van der Waals surface area contributed by atoms with E-state index in [9.17, 15) is 57.8 Å². The number of para-hydroxylation sites is 1. The van der Waals surface area contributed by atoms with Gasteiger partial charge < -0.3 is 9.84 Å². The van der Waals surface area contributed by atoms with Crippen LogP contribution in [0.15, 0.2) is 60.7 Å². The first-order valence-corrected chi connectivity index (χ1v) is 12.1. The lowest BCUT2D eigenvalue weighted by Gasteiger charge is -2.27. The van der Waals surface area contributed by atoms with Crippen molar-refractivity contribution in [3.05, 3.63) is 82.9 Å². The highest BCUT2D eigenvalue weighted by atomic mass is 32.2. The largest absolute Gasteiger partial charge is 0.478 e. The van der Waals surface area contributed by atoms with Crippen LogP contribution < -0.4 is 9.04 Å². The zero-order valence-electron chi connectivity index (χ0n) is 19.1. The summed E-state index contributed by atoms with van der Waals surface area (Å²) in [5, 5.41) is 9.35. The average molecular weight is 587 g/mol. The van der Waals surface area contributed by atoms with Gasteiger partial charge in [0.1, 0.15) is 17.0 Å². The number of nitrogens with zero attached hydrogens (tertiary/aromatic N) is 1. The van der Waals surface area contributed by atoms with Crippen LogP contribution in [0.4, 0.5) is 50.9 Å². The molecule has 3 aromatic carbocycles. The molecule has 0 fully saturated rings. The van der Waals surface area contributed by atoms with E-state index in [1.807, 2.05) is 0 Å². The van der Waals surface area contributed by atoms with E-state index in [-0.39, 0.29) is 28.6 Å². The molecular formula is C23H14F9NO5S. The van der Waals surface area contributed by atoms with Gasteiger partial charge in [-0.1, -0.05) is 12.1 Å². The van der Waals surface area contributed by atoms with E-state index in [0.717, 1.165) is 12.1 Å². The van der Waals surface area contributed by atoms with Gasteiger partial charge in [0.15, 0.2) is 5.75 Å². The SMILES string of the molecule is CS(=O)(=O)N(c1cc(C(F)(F)F)cc(C(F)(F)F)c1)c1cc(C(F)(F)F)ccc1Oc1ccccc1C(=O)O.